The molecule has 21 heavy (non-hydrogen) atoms. The first kappa shape index (κ1) is 15.9. The molecule has 0 radical (unpaired) electrons. The molecule has 0 spiro atoms. The van der Waals surface area contributed by atoms with Crippen LogP contribution < -0.4 is 0 Å². The lowest BCUT2D eigenvalue weighted by Gasteiger charge is -2.14. The zero-order valence-corrected chi connectivity index (χ0v) is 12.0. The zero-order chi connectivity index (χ0) is 15.6. The van der Waals surface area contributed by atoms with Crippen molar-refractivity contribution in [2.75, 3.05) is 0 Å². The van der Waals surface area contributed by atoms with Gasteiger partial charge in [0.25, 0.3) is 0 Å². The van der Waals surface area contributed by atoms with Crippen molar-refractivity contribution in [3.8, 4) is 0 Å². The predicted octanol–water partition coefficient (Wildman–Crippen LogP) is 4.94. The van der Waals surface area contributed by atoms with Gasteiger partial charge in [0.1, 0.15) is 0 Å². The Bertz CT molecular complexity index is 617. The summed E-state index contributed by atoms with van der Waals surface area (Å²) in [4.78, 5) is 0. The fraction of sp³-hybridized carbons (Fsp3) is 0.250. The van der Waals surface area contributed by atoms with Gasteiger partial charge < -0.3 is 5.11 Å². The molecule has 112 valence electrons. The molecule has 0 saturated heterocycles. The molecular weight excluding hydrogens is 301 g/mol. The van der Waals surface area contributed by atoms with Crippen LogP contribution in [0.4, 0.5) is 13.2 Å². The number of aliphatic hydroxyl groups is 1. The van der Waals surface area contributed by atoms with E-state index in [-0.39, 0.29) is 6.42 Å². The van der Waals surface area contributed by atoms with E-state index in [9.17, 15) is 18.3 Å². The van der Waals surface area contributed by atoms with Gasteiger partial charge in [-0.2, -0.15) is 13.2 Å². The van der Waals surface area contributed by atoms with Crippen LogP contribution >= 0.6 is 11.6 Å². The van der Waals surface area contributed by atoms with E-state index in [1.54, 1.807) is 24.3 Å². The van der Waals surface area contributed by atoms with Gasteiger partial charge in [-0.1, -0.05) is 35.9 Å². The lowest BCUT2D eigenvalue weighted by Crippen LogP contribution is -2.07. The van der Waals surface area contributed by atoms with Crippen LogP contribution in [0.1, 0.15) is 28.4 Å². The summed E-state index contributed by atoms with van der Waals surface area (Å²) in [5.41, 5.74) is 1.20. The monoisotopic (exact) mass is 314 g/mol. The third-order valence-corrected chi connectivity index (χ3v) is 3.35. The fourth-order valence-corrected chi connectivity index (χ4v) is 2.47. The van der Waals surface area contributed by atoms with E-state index in [2.05, 4.69) is 0 Å². The largest absolute Gasteiger partial charge is 0.416 e. The summed E-state index contributed by atoms with van der Waals surface area (Å²) in [6.45, 7) is 1.84. The Hall–Kier alpha value is -1.52. The van der Waals surface area contributed by atoms with E-state index in [0.717, 1.165) is 17.7 Å². The Balaban J connectivity index is 2.21. The van der Waals surface area contributed by atoms with Gasteiger partial charge in [0.2, 0.25) is 0 Å². The first-order valence-electron chi connectivity index (χ1n) is 6.37. The number of aryl methyl sites for hydroxylation is 1. The summed E-state index contributed by atoms with van der Waals surface area (Å²) in [6.07, 6.45) is -5.18. The molecule has 1 nitrogen and oxygen atoms in total. The number of benzene rings is 2. The number of hydrogen-bond donors (Lipinski definition) is 1. The normalized spacial score (nSPS) is 13.2. The van der Waals surface area contributed by atoms with E-state index in [1.165, 1.54) is 6.07 Å². The first-order valence-corrected chi connectivity index (χ1v) is 6.75. The number of alkyl halides is 3. The molecule has 1 N–H and O–H groups in total. The molecule has 2 rings (SSSR count). The minimum absolute atomic E-state index is 0.101. The molecule has 0 saturated carbocycles. The summed E-state index contributed by atoms with van der Waals surface area (Å²) in [5, 5.41) is 10.7. The molecular formula is C16H14ClF3O. The molecule has 0 aromatic heterocycles. The van der Waals surface area contributed by atoms with Gasteiger partial charge in [-0.15, -0.1) is 0 Å². The summed E-state index contributed by atoms with van der Waals surface area (Å²) in [7, 11) is 0. The second-order valence-corrected chi connectivity index (χ2v) is 5.42. The van der Waals surface area contributed by atoms with Gasteiger partial charge in [-0.3, -0.25) is 0 Å². The van der Waals surface area contributed by atoms with Crippen LogP contribution in [0, 0.1) is 6.92 Å². The van der Waals surface area contributed by atoms with Crippen molar-refractivity contribution >= 4 is 11.6 Å². The fourth-order valence-electron chi connectivity index (χ4n) is 2.17. The van der Waals surface area contributed by atoms with Crippen LogP contribution in [0.5, 0.6) is 0 Å². The van der Waals surface area contributed by atoms with Crippen LogP contribution in [0.3, 0.4) is 0 Å². The van der Waals surface area contributed by atoms with E-state index in [4.69, 9.17) is 11.6 Å². The first-order chi connectivity index (χ1) is 9.75. The predicted molar refractivity (Wildman–Crippen MR) is 76.3 cm³/mol. The number of aliphatic hydroxyl groups excluding tert-OH is 1. The Morgan fingerprint density at radius 1 is 1.14 bits per heavy atom. The smallest absolute Gasteiger partial charge is 0.388 e. The third kappa shape index (κ3) is 4.22. The van der Waals surface area contributed by atoms with Gasteiger partial charge in [0, 0.05) is 11.4 Å². The second kappa shape index (κ2) is 6.08. The number of rotatable bonds is 3. The van der Waals surface area contributed by atoms with Crippen molar-refractivity contribution in [3.05, 3.63) is 69.7 Å². The van der Waals surface area contributed by atoms with Crippen molar-refractivity contribution in [3.63, 3.8) is 0 Å². The molecule has 1 atom stereocenters. The molecule has 0 aliphatic heterocycles. The highest BCUT2D eigenvalue weighted by molar-refractivity contribution is 6.30. The van der Waals surface area contributed by atoms with Crippen LogP contribution in [0.15, 0.2) is 42.5 Å². The number of hydrogen-bond acceptors (Lipinski definition) is 1. The average molecular weight is 315 g/mol. The third-order valence-electron chi connectivity index (χ3n) is 3.13. The maximum atomic E-state index is 12.7. The maximum Gasteiger partial charge on any atom is 0.416 e. The molecule has 0 bridgehead atoms. The zero-order valence-electron chi connectivity index (χ0n) is 11.3. The topological polar surface area (TPSA) is 20.2 Å². The van der Waals surface area contributed by atoms with Gasteiger partial charge in [0.05, 0.1) is 11.7 Å². The maximum absolute atomic E-state index is 12.7. The molecule has 0 fully saturated rings. The highest BCUT2D eigenvalue weighted by Crippen LogP contribution is 2.31. The second-order valence-electron chi connectivity index (χ2n) is 4.98. The van der Waals surface area contributed by atoms with Gasteiger partial charge in [0.15, 0.2) is 0 Å². The van der Waals surface area contributed by atoms with Crippen molar-refractivity contribution in [2.24, 2.45) is 0 Å². The minimum atomic E-state index is -4.38. The Morgan fingerprint density at radius 3 is 2.48 bits per heavy atom. The van der Waals surface area contributed by atoms with Crippen molar-refractivity contribution in [1.82, 2.24) is 0 Å². The van der Waals surface area contributed by atoms with Crippen LogP contribution in [0.25, 0.3) is 0 Å². The van der Waals surface area contributed by atoms with E-state index in [1.807, 2.05) is 6.92 Å². The summed E-state index contributed by atoms with van der Waals surface area (Å²) in [6, 6.07) is 10.1. The lowest BCUT2D eigenvalue weighted by molar-refractivity contribution is -0.137. The van der Waals surface area contributed by atoms with E-state index >= 15 is 0 Å². The molecule has 0 aliphatic carbocycles. The van der Waals surface area contributed by atoms with E-state index < -0.39 is 17.8 Å². The Morgan fingerprint density at radius 2 is 1.86 bits per heavy atom. The molecule has 0 amide bonds. The number of halogens is 4. The molecule has 2 aromatic rings. The quantitative estimate of drug-likeness (QED) is 0.850. The molecule has 1 unspecified atom stereocenters. The standard InChI is InChI=1S/C16H14ClF3O/c1-10-5-12(9-14(17)6-10)15(21)8-11-3-2-4-13(7-11)16(18,19)20/h2-7,9,15,21H,8H2,1H3. The van der Waals surface area contributed by atoms with Crippen LogP contribution in [-0.4, -0.2) is 5.11 Å². The lowest BCUT2D eigenvalue weighted by atomic mass is 9.99. The molecule has 5 heteroatoms. The van der Waals surface area contributed by atoms with Crippen molar-refractivity contribution in [2.45, 2.75) is 25.6 Å². The van der Waals surface area contributed by atoms with Gasteiger partial charge >= 0.3 is 6.18 Å². The highest BCUT2D eigenvalue weighted by atomic mass is 35.5. The molecule has 0 aliphatic rings. The highest BCUT2D eigenvalue weighted by Gasteiger charge is 2.30. The summed E-state index contributed by atoms with van der Waals surface area (Å²) >= 11 is 5.92. The van der Waals surface area contributed by atoms with Gasteiger partial charge in [-0.25, -0.2) is 0 Å². The Kier molecular flexibility index (Phi) is 4.59. The van der Waals surface area contributed by atoms with Gasteiger partial charge in [-0.05, 0) is 41.8 Å². The average Bonchev–Trinajstić information content (AvgIpc) is 2.37. The van der Waals surface area contributed by atoms with E-state index in [0.29, 0.717) is 16.1 Å². The van der Waals surface area contributed by atoms with Crippen molar-refractivity contribution < 1.29 is 18.3 Å². The molecule has 0 heterocycles. The summed E-state index contributed by atoms with van der Waals surface area (Å²) in [5.74, 6) is 0. The minimum Gasteiger partial charge on any atom is -0.388 e. The van der Waals surface area contributed by atoms with Crippen molar-refractivity contribution in [1.29, 1.82) is 0 Å². The van der Waals surface area contributed by atoms with Crippen LogP contribution in [-0.2, 0) is 12.6 Å². The molecule has 2 aromatic carbocycles. The van der Waals surface area contributed by atoms with Crippen LogP contribution in [0.2, 0.25) is 5.02 Å². The Labute approximate surface area is 126 Å². The summed E-state index contributed by atoms with van der Waals surface area (Å²) < 4.78 is 38.0. The SMILES string of the molecule is Cc1cc(Cl)cc(C(O)Cc2cccc(C(F)(F)F)c2)c1.